The van der Waals surface area contributed by atoms with Gasteiger partial charge in [-0.3, -0.25) is 9.36 Å². The lowest BCUT2D eigenvalue weighted by Crippen LogP contribution is -2.09. The lowest BCUT2D eigenvalue weighted by atomic mass is 10.1. The first-order valence-electron chi connectivity index (χ1n) is 6.27. The van der Waals surface area contributed by atoms with Crippen molar-refractivity contribution in [3.8, 4) is 0 Å². The minimum atomic E-state index is -3.39. The average Bonchev–Trinajstić information content (AvgIpc) is 2.24. The van der Waals surface area contributed by atoms with Gasteiger partial charge in [0.05, 0.1) is 13.2 Å². The highest BCUT2D eigenvalue weighted by atomic mass is 31.2. The molecule has 0 saturated heterocycles. The van der Waals surface area contributed by atoms with Crippen LogP contribution in [0.4, 0.5) is 0 Å². The van der Waals surface area contributed by atoms with E-state index in [0.29, 0.717) is 6.42 Å². The summed E-state index contributed by atoms with van der Waals surface area (Å²) in [7, 11) is -3.39. The highest BCUT2D eigenvalue weighted by Crippen LogP contribution is 2.57. The number of rotatable bonds is 5. The lowest BCUT2D eigenvalue weighted by molar-refractivity contribution is -0.115. The van der Waals surface area contributed by atoms with E-state index in [1.807, 2.05) is 0 Å². The summed E-state index contributed by atoms with van der Waals surface area (Å²) >= 11 is 0. The zero-order valence-electron chi connectivity index (χ0n) is 10.6. The molecule has 0 saturated carbocycles. The summed E-state index contributed by atoms with van der Waals surface area (Å²) in [4.78, 5) is 12.0. The van der Waals surface area contributed by atoms with Gasteiger partial charge in [0, 0.05) is 6.42 Å². The Bertz CT molecular complexity index is 325. The monoisotopic (exact) mass is 260 g/mol. The number of hydrogen-bond acceptors (Lipinski definition) is 4. The first-order chi connectivity index (χ1) is 8.14. The zero-order valence-corrected chi connectivity index (χ0v) is 11.5. The molecule has 0 aromatic rings. The Morgan fingerprint density at radius 3 is 2.41 bits per heavy atom. The zero-order chi connectivity index (χ0) is 12.7. The molecular weight excluding hydrogens is 239 g/mol. The molecule has 1 aliphatic carbocycles. The normalized spacial score (nSPS) is 21.5. The molecular formula is C12H21O4P. The SMILES string of the molecule is CCOP(=O)(OCC)/C1=C/CCCCCC1=O. The van der Waals surface area contributed by atoms with E-state index in [4.69, 9.17) is 9.05 Å². The van der Waals surface area contributed by atoms with Crippen LogP contribution >= 0.6 is 7.60 Å². The van der Waals surface area contributed by atoms with E-state index in [2.05, 4.69) is 0 Å². The standard InChI is InChI=1S/C12H21O4P/c1-3-15-17(14,16-4-2)12-10-8-6-5-7-9-11(12)13/h10H,3-9H2,1-2H3/b12-10+. The molecule has 17 heavy (non-hydrogen) atoms. The van der Waals surface area contributed by atoms with Gasteiger partial charge in [-0.25, -0.2) is 0 Å². The Morgan fingerprint density at radius 1 is 1.18 bits per heavy atom. The van der Waals surface area contributed by atoms with Crippen LogP contribution in [0.2, 0.25) is 0 Å². The van der Waals surface area contributed by atoms with Gasteiger partial charge in [-0.15, -0.1) is 0 Å². The van der Waals surface area contributed by atoms with Crippen LogP contribution < -0.4 is 0 Å². The van der Waals surface area contributed by atoms with Crippen LogP contribution in [0.5, 0.6) is 0 Å². The van der Waals surface area contributed by atoms with Crippen molar-refractivity contribution in [2.45, 2.75) is 46.0 Å². The third-order valence-corrected chi connectivity index (χ3v) is 4.84. The molecule has 0 N–H and O–H groups in total. The summed E-state index contributed by atoms with van der Waals surface area (Å²) in [6.07, 6.45) is 5.88. The summed E-state index contributed by atoms with van der Waals surface area (Å²) in [5.41, 5.74) is 0. The van der Waals surface area contributed by atoms with Gasteiger partial charge in [0.1, 0.15) is 5.31 Å². The maximum Gasteiger partial charge on any atom is 0.364 e. The van der Waals surface area contributed by atoms with E-state index in [9.17, 15) is 9.36 Å². The molecule has 0 radical (unpaired) electrons. The summed E-state index contributed by atoms with van der Waals surface area (Å²) in [6.45, 7) is 4.06. The van der Waals surface area contributed by atoms with Gasteiger partial charge in [-0.1, -0.05) is 12.5 Å². The van der Waals surface area contributed by atoms with Crippen molar-refractivity contribution in [2.75, 3.05) is 13.2 Å². The second kappa shape index (κ2) is 7.10. The molecule has 4 nitrogen and oxygen atoms in total. The Balaban J connectivity index is 2.96. The Labute approximate surface area is 103 Å². The van der Waals surface area contributed by atoms with Crippen LogP contribution in [0.15, 0.2) is 11.4 Å². The fraction of sp³-hybridized carbons (Fsp3) is 0.750. The minimum Gasteiger partial charge on any atom is -0.305 e. The van der Waals surface area contributed by atoms with Gasteiger partial charge in [0.15, 0.2) is 5.78 Å². The number of allylic oxidation sites excluding steroid dienone is 2. The molecule has 0 amide bonds. The maximum atomic E-state index is 12.5. The molecule has 5 heteroatoms. The second-order valence-corrected chi connectivity index (χ2v) is 5.94. The van der Waals surface area contributed by atoms with Gasteiger partial charge < -0.3 is 9.05 Å². The number of ketones is 1. The van der Waals surface area contributed by atoms with Gasteiger partial charge in [-0.2, -0.15) is 0 Å². The van der Waals surface area contributed by atoms with Crippen molar-refractivity contribution in [1.29, 1.82) is 0 Å². The second-order valence-electron chi connectivity index (χ2n) is 3.94. The van der Waals surface area contributed by atoms with Crippen molar-refractivity contribution in [3.05, 3.63) is 11.4 Å². The molecule has 0 aromatic carbocycles. The van der Waals surface area contributed by atoms with Crippen molar-refractivity contribution < 1.29 is 18.4 Å². The molecule has 1 rings (SSSR count). The maximum absolute atomic E-state index is 12.5. The molecule has 0 atom stereocenters. The van der Waals surface area contributed by atoms with Crippen molar-refractivity contribution in [2.24, 2.45) is 0 Å². The molecule has 0 spiro atoms. The van der Waals surface area contributed by atoms with E-state index in [-0.39, 0.29) is 24.3 Å². The minimum absolute atomic E-state index is 0.0880. The summed E-state index contributed by atoms with van der Waals surface area (Å²) in [5, 5.41) is 0.265. The number of hydrogen-bond donors (Lipinski definition) is 0. The van der Waals surface area contributed by atoms with E-state index in [0.717, 1.165) is 25.7 Å². The topological polar surface area (TPSA) is 52.6 Å². The molecule has 98 valence electrons. The van der Waals surface area contributed by atoms with Crippen LogP contribution in [-0.4, -0.2) is 19.0 Å². The molecule has 0 heterocycles. The van der Waals surface area contributed by atoms with E-state index >= 15 is 0 Å². The number of carbonyl (C=O) groups excluding carboxylic acids is 1. The fourth-order valence-electron chi connectivity index (χ4n) is 1.87. The Hall–Kier alpha value is -0.440. The van der Waals surface area contributed by atoms with E-state index in [1.165, 1.54) is 0 Å². The summed E-state index contributed by atoms with van der Waals surface area (Å²) in [6, 6.07) is 0. The summed E-state index contributed by atoms with van der Waals surface area (Å²) in [5.74, 6) is -0.0880. The fourth-order valence-corrected chi connectivity index (χ4v) is 3.67. The lowest BCUT2D eigenvalue weighted by Gasteiger charge is -2.20. The van der Waals surface area contributed by atoms with Crippen molar-refractivity contribution in [1.82, 2.24) is 0 Å². The molecule has 0 aromatic heterocycles. The molecule has 1 aliphatic rings. The van der Waals surface area contributed by atoms with E-state index in [1.54, 1.807) is 19.9 Å². The predicted octanol–water partition coefficient (Wildman–Crippen LogP) is 3.67. The van der Waals surface area contributed by atoms with Crippen molar-refractivity contribution in [3.63, 3.8) is 0 Å². The third-order valence-electron chi connectivity index (χ3n) is 2.62. The Morgan fingerprint density at radius 2 is 1.82 bits per heavy atom. The van der Waals surface area contributed by atoms with Gasteiger partial charge in [0.25, 0.3) is 0 Å². The molecule has 0 unspecified atom stereocenters. The van der Waals surface area contributed by atoms with Gasteiger partial charge in [-0.05, 0) is 33.1 Å². The van der Waals surface area contributed by atoms with Crippen molar-refractivity contribution >= 4 is 13.4 Å². The summed E-state index contributed by atoms with van der Waals surface area (Å²) < 4.78 is 23.0. The predicted molar refractivity (Wildman–Crippen MR) is 67.0 cm³/mol. The highest BCUT2D eigenvalue weighted by Gasteiger charge is 2.34. The van der Waals surface area contributed by atoms with Crippen LogP contribution in [0, 0.1) is 0 Å². The quantitative estimate of drug-likeness (QED) is 0.708. The van der Waals surface area contributed by atoms with Crippen LogP contribution in [0.1, 0.15) is 46.0 Å². The number of carbonyl (C=O) groups is 1. The van der Waals surface area contributed by atoms with Gasteiger partial charge in [0.2, 0.25) is 0 Å². The molecule has 0 bridgehead atoms. The van der Waals surface area contributed by atoms with Crippen LogP contribution in [-0.2, 0) is 18.4 Å². The largest absolute Gasteiger partial charge is 0.364 e. The first kappa shape index (κ1) is 14.6. The van der Waals surface area contributed by atoms with Gasteiger partial charge >= 0.3 is 7.60 Å². The van der Waals surface area contributed by atoms with Crippen LogP contribution in [0.25, 0.3) is 0 Å². The third kappa shape index (κ3) is 4.06. The Kier molecular flexibility index (Phi) is 6.10. The molecule has 0 aliphatic heterocycles. The smallest absolute Gasteiger partial charge is 0.305 e. The highest BCUT2D eigenvalue weighted by molar-refractivity contribution is 7.60. The van der Waals surface area contributed by atoms with E-state index < -0.39 is 7.60 Å². The first-order valence-corrected chi connectivity index (χ1v) is 7.81. The van der Waals surface area contributed by atoms with Crippen LogP contribution in [0.3, 0.4) is 0 Å². The number of Topliss-reactive ketones (excluding diaryl/α,β-unsaturated/α-hetero) is 1. The molecule has 0 fully saturated rings. The average molecular weight is 260 g/mol.